The van der Waals surface area contributed by atoms with Crippen LogP contribution in [0.4, 0.5) is 0 Å². The highest BCUT2D eigenvalue weighted by molar-refractivity contribution is 5.83. The highest BCUT2D eigenvalue weighted by atomic mass is 16.3. The lowest BCUT2D eigenvalue weighted by Gasteiger charge is -2.42. The van der Waals surface area contributed by atoms with Crippen molar-refractivity contribution >= 4 is 10.8 Å². The quantitative estimate of drug-likeness (QED) is 0.896. The second-order valence-electron chi connectivity index (χ2n) is 6.01. The van der Waals surface area contributed by atoms with E-state index in [9.17, 15) is 5.11 Å². The molecule has 2 aromatic rings. The van der Waals surface area contributed by atoms with Gasteiger partial charge in [0.25, 0.3) is 0 Å². The van der Waals surface area contributed by atoms with Gasteiger partial charge in [0.05, 0.1) is 6.10 Å². The Labute approximate surface area is 120 Å². The van der Waals surface area contributed by atoms with E-state index in [4.69, 9.17) is 0 Å². The summed E-state index contributed by atoms with van der Waals surface area (Å²) in [5.41, 5.74) is 1.15. The number of benzene rings is 2. The van der Waals surface area contributed by atoms with Crippen molar-refractivity contribution in [2.45, 2.75) is 37.2 Å². The van der Waals surface area contributed by atoms with Crippen molar-refractivity contribution in [1.29, 1.82) is 0 Å². The molecule has 1 aliphatic rings. The van der Waals surface area contributed by atoms with Gasteiger partial charge < -0.3 is 10.4 Å². The summed E-state index contributed by atoms with van der Waals surface area (Å²) in [6.45, 7) is 0.840. The Bertz CT molecular complexity index is 591. The fraction of sp³-hybridized carbons (Fsp3) is 0.444. The average molecular weight is 269 g/mol. The van der Waals surface area contributed by atoms with Gasteiger partial charge in [0.2, 0.25) is 0 Å². The van der Waals surface area contributed by atoms with E-state index in [-0.39, 0.29) is 11.5 Å². The van der Waals surface area contributed by atoms with E-state index in [2.05, 4.69) is 47.8 Å². The Hall–Kier alpha value is -1.38. The van der Waals surface area contributed by atoms with Gasteiger partial charge in [-0.2, -0.15) is 0 Å². The normalized spacial score (nSPS) is 26.8. The number of aliphatic hydroxyl groups excluding tert-OH is 1. The SMILES string of the molecule is CNC[C@]1(c2ccc3ccccc3c2)CCCCC1O. The van der Waals surface area contributed by atoms with Crippen molar-refractivity contribution in [2.24, 2.45) is 0 Å². The molecule has 2 N–H and O–H groups in total. The van der Waals surface area contributed by atoms with Crippen molar-refractivity contribution in [3.05, 3.63) is 48.0 Å². The Morgan fingerprint density at radius 1 is 1.15 bits per heavy atom. The van der Waals surface area contributed by atoms with Gasteiger partial charge in [-0.25, -0.2) is 0 Å². The molecule has 1 aliphatic carbocycles. The molecule has 0 heterocycles. The lowest BCUT2D eigenvalue weighted by atomic mass is 9.67. The first-order valence-electron chi connectivity index (χ1n) is 7.58. The molecule has 0 saturated heterocycles. The van der Waals surface area contributed by atoms with E-state index >= 15 is 0 Å². The first-order chi connectivity index (χ1) is 9.76. The number of aliphatic hydroxyl groups is 1. The lowest BCUT2D eigenvalue weighted by Crippen LogP contribution is -2.48. The molecule has 2 aromatic carbocycles. The maximum Gasteiger partial charge on any atom is 0.0649 e. The zero-order valence-corrected chi connectivity index (χ0v) is 12.1. The molecule has 2 nitrogen and oxygen atoms in total. The Morgan fingerprint density at radius 3 is 2.70 bits per heavy atom. The summed E-state index contributed by atoms with van der Waals surface area (Å²) in [7, 11) is 1.98. The molecule has 1 unspecified atom stereocenters. The standard InChI is InChI=1S/C18H23NO/c1-19-13-18(11-5-4-8-17(18)20)16-10-9-14-6-2-3-7-15(14)12-16/h2-3,6-7,9-10,12,17,19-20H,4-5,8,11,13H2,1H3/t17?,18-/m0/s1. The van der Waals surface area contributed by atoms with Crippen LogP contribution >= 0.6 is 0 Å². The van der Waals surface area contributed by atoms with E-state index in [1.54, 1.807) is 0 Å². The Kier molecular flexibility index (Phi) is 3.77. The maximum absolute atomic E-state index is 10.6. The molecule has 0 radical (unpaired) electrons. The third kappa shape index (κ3) is 2.23. The van der Waals surface area contributed by atoms with Crippen LogP contribution in [0, 0.1) is 0 Å². The molecule has 0 aromatic heterocycles. The minimum Gasteiger partial charge on any atom is -0.392 e. The molecule has 106 valence electrons. The predicted octanol–water partition coefficient (Wildman–Crippen LogP) is 3.23. The molecule has 0 spiro atoms. The molecule has 20 heavy (non-hydrogen) atoms. The van der Waals surface area contributed by atoms with Crippen LogP contribution in [0.1, 0.15) is 31.2 Å². The summed E-state index contributed by atoms with van der Waals surface area (Å²) in [6.07, 6.45) is 4.07. The summed E-state index contributed by atoms with van der Waals surface area (Å²) in [4.78, 5) is 0. The lowest BCUT2D eigenvalue weighted by molar-refractivity contribution is 0.0425. The highest BCUT2D eigenvalue weighted by Gasteiger charge is 2.40. The molecule has 2 heteroatoms. The second kappa shape index (κ2) is 5.55. The summed E-state index contributed by atoms with van der Waals surface area (Å²) < 4.78 is 0. The highest BCUT2D eigenvalue weighted by Crippen LogP contribution is 2.40. The van der Waals surface area contributed by atoms with Crippen molar-refractivity contribution < 1.29 is 5.11 Å². The van der Waals surface area contributed by atoms with E-state index in [0.29, 0.717) is 0 Å². The molecule has 3 rings (SSSR count). The number of likely N-dealkylation sites (N-methyl/N-ethyl adjacent to an activating group) is 1. The molecule has 0 amide bonds. The zero-order valence-electron chi connectivity index (χ0n) is 12.1. The smallest absolute Gasteiger partial charge is 0.0649 e. The minimum absolute atomic E-state index is 0.128. The molecule has 2 atom stereocenters. The number of hydrogen-bond donors (Lipinski definition) is 2. The van der Waals surface area contributed by atoms with E-state index in [0.717, 1.165) is 25.8 Å². The van der Waals surface area contributed by atoms with Gasteiger partial charge in [-0.15, -0.1) is 0 Å². The molecule has 0 aliphatic heterocycles. The van der Waals surface area contributed by atoms with Crippen LogP contribution in [-0.4, -0.2) is 24.8 Å². The van der Waals surface area contributed by atoms with E-state index in [1.165, 1.54) is 22.8 Å². The first-order valence-corrected chi connectivity index (χ1v) is 7.58. The molecule has 0 bridgehead atoms. The van der Waals surface area contributed by atoms with E-state index < -0.39 is 0 Å². The van der Waals surface area contributed by atoms with Gasteiger partial charge >= 0.3 is 0 Å². The molecular weight excluding hydrogens is 246 g/mol. The number of rotatable bonds is 3. The van der Waals surface area contributed by atoms with Crippen LogP contribution in [-0.2, 0) is 5.41 Å². The van der Waals surface area contributed by atoms with Crippen molar-refractivity contribution in [2.75, 3.05) is 13.6 Å². The summed E-state index contributed by atoms with van der Waals surface area (Å²) in [5, 5.41) is 16.5. The van der Waals surface area contributed by atoms with Crippen molar-refractivity contribution in [3.63, 3.8) is 0 Å². The van der Waals surface area contributed by atoms with E-state index in [1.807, 2.05) is 7.05 Å². The first kappa shape index (κ1) is 13.6. The van der Waals surface area contributed by atoms with Crippen LogP contribution in [0.15, 0.2) is 42.5 Å². The topological polar surface area (TPSA) is 32.3 Å². The van der Waals surface area contributed by atoms with Gasteiger partial charge in [0, 0.05) is 12.0 Å². The summed E-state index contributed by atoms with van der Waals surface area (Å²) in [5.74, 6) is 0. The van der Waals surface area contributed by atoms with Gasteiger partial charge in [-0.05, 0) is 36.2 Å². The monoisotopic (exact) mass is 269 g/mol. The second-order valence-corrected chi connectivity index (χ2v) is 6.01. The van der Waals surface area contributed by atoms with Crippen molar-refractivity contribution in [3.8, 4) is 0 Å². The summed E-state index contributed by atoms with van der Waals surface area (Å²) in [6, 6.07) is 15.1. The Morgan fingerprint density at radius 2 is 1.95 bits per heavy atom. The van der Waals surface area contributed by atoms with Crippen LogP contribution in [0.2, 0.25) is 0 Å². The predicted molar refractivity (Wildman–Crippen MR) is 84.0 cm³/mol. The zero-order chi connectivity index (χ0) is 14.0. The van der Waals surface area contributed by atoms with Crippen LogP contribution < -0.4 is 5.32 Å². The molecule has 1 fully saturated rings. The minimum atomic E-state index is -0.245. The average Bonchev–Trinajstić information content (AvgIpc) is 2.49. The van der Waals surface area contributed by atoms with Gasteiger partial charge in [-0.3, -0.25) is 0 Å². The fourth-order valence-electron chi connectivity index (χ4n) is 3.68. The number of hydrogen-bond acceptors (Lipinski definition) is 2. The molecule has 1 saturated carbocycles. The summed E-state index contributed by atoms with van der Waals surface area (Å²) >= 11 is 0. The van der Waals surface area contributed by atoms with Gasteiger partial charge in [0.15, 0.2) is 0 Å². The van der Waals surface area contributed by atoms with Crippen molar-refractivity contribution in [1.82, 2.24) is 5.32 Å². The van der Waals surface area contributed by atoms with Crippen LogP contribution in [0.5, 0.6) is 0 Å². The largest absolute Gasteiger partial charge is 0.392 e. The maximum atomic E-state index is 10.6. The third-order valence-corrected chi connectivity index (χ3v) is 4.80. The van der Waals surface area contributed by atoms with Crippen LogP contribution in [0.3, 0.4) is 0 Å². The third-order valence-electron chi connectivity index (χ3n) is 4.80. The van der Waals surface area contributed by atoms with Gasteiger partial charge in [0.1, 0.15) is 0 Å². The number of nitrogens with one attached hydrogen (secondary N) is 1. The Balaban J connectivity index is 2.08. The number of fused-ring (bicyclic) bond motifs is 1. The molecular formula is C18H23NO. The fourth-order valence-corrected chi connectivity index (χ4v) is 3.68. The van der Waals surface area contributed by atoms with Crippen LogP contribution in [0.25, 0.3) is 10.8 Å². The van der Waals surface area contributed by atoms with Gasteiger partial charge in [-0.1, -0.05) is 55.3 Å².